The van der Waals surface area contributed by atoms with Crippen LogP contribution in [-0.4, -0.2) is 35.5 Å². The van der Waals surface area contributed by atoms with Gasteiger partial charge in [-0.05, 0) is 36.2 Å². The molecule has 1 unspecified atom stereocenters. The zero-order chi connectivity index (χ0) is 16.8. The first-order chi connectivity index (χ1) is 11.0. The molecule has 3 N–H and O–H groups in total. The van der Waals surface area contributed by atoms with Crippen molar-refractivity contribution < 1.29 is 14.7 Å². The zero-order valence-corrected chi connectivity index (χ0v) is 13.0. The van der Waals surface area contributed by atoms with Crippen molar-refractivity contribution >= 4 is 11.8 Å². The highest BCUT2D eigenvalue weighted by atomic mass is 16.3. The number of hydrogen-bond acceptors (Lipinski definition) is 3. The summed E-state index contributed by atoms with van der Waals surface area (Å²) >= 11 is 0. The first-order valence-electron chi connectivity index (χ1n) is 7.37. The van der Waals surface area contributed by atoms with Crippen LogP contribution in [0.1, 0.15) is 38.7 Å². The Kier molecular flexibility index (Phi) is 5.49. The Morgan fingerprint density at radius 3 is 2.13 bits per heavy atom. The number of nitrogens with zero attached hydrogens (tertiary/aromatic N) is 1. The van der Waals surface area contributed by atoms with Gasteiger partial charge in [0.05, 0.1) is 6.04 Å². The molecule has 120 valence electrons. The van der Waals surface area contributed by atoms with Crippen LogP contribution >= 0.6 is 0 Å². The lowest BCUT2D eigenvalue weighted by molar-refractivity contribution is 0.0704. The summed E-state index contributed by atoms with van der Waals surface area (Å²) < 4.78 is 0. The molecule has 0 saturated carbocycles. The van der Waals surface area contributed by atoms with Crippen LogP contribution in [0.25, 0.3) is 0 Å². The summed E-state index contributed by atoms with van der Waals surface area (Å²) in [6.07, 6.45) is 0.450. The van der Waals surface area contributed by atoms with Gasteiger partial charge in [0.1, 0.15) is 0 Å². The summed E-state index contributed by atoms with van der Waals surface area (Å²) in [4.78, 5) is 25.3. The van der Waals surface area contributed by atoms with E-state index in [0.717, 1.165) is 5.56 Å². The van der Waals surface area contributed by atoms with Crippen molar-refractivity contribution in [2.24, 2.45) is 5.73 Å². The van der Waals surface area contributed by atoms with Crippen LogP contribution in [0.3, 0.4) is 0 Å². The Labute approximate surface area is 135 Å². The number of carbonyl (C=O) groups excluding carboxylic acids is 2. The molecular weight excluding hydrogens is 292 g/mol. The van der Waals surface area contributed by atoms with E-state index in [9.17, 15) is 14.7 Å². The molecule has 0 aliphatic carbocycles. The van der Waals surface area contributed by atoms with Gasteiger partial charge in [-0.3, -0.25) is 9.59 Å². The molecule has 2 aromatic rings. The SMILES string of the molecule is CN(C(=O)c1ccc(C(N)=O)cc1)C(CCO)c1ccccc1. The molecule has 5 nitrogen and oxygen atoms in total. The Morgan fingerprint density at radius 2 is 1.61 bits per heavy atom. The predicted octanol–water partition coefficient (Wildman–Crippen LogP) is 1.98. The molecule has 0 bridgehead atoms. The van der Waals surface area contributed by atoms with E-state index < -0.39 is 5.91 Å². The second-order valence-corrected chi connectivity index (χ2v) is 5.30. The van der Waals surface area contributed by atoms with Gasteiger partial charge in [0, 0.05) is 24.8 Å². The van der Waals surface area contributed by atoms with Crippen molar-refractivity contribution in [1.29, 1.82) is 0 Å². The van der Waals surface area contributed by atoms with Crippen molar-refractivity contribution in [3.63, 3.8) is 0 Å². The third kappa shape index (κ3) is 3.96. The molecule has 23 heavy (non-hydrogen) atoms. The summed E-state index contributed by atoms with van der Waals surface area (Å²) in [5.41, 5.74) is 6.99. The van der Waals surface area contributed by atoms with Crippen LogP contribution in [0.2, 0.25) is 0 Å². The topological polar surface area (TPSA) is 83.6 Å². The molecule has 0 fully saturated rings. The minimum atomic E-state index is -0.528. The van der Waals surface area contributed by atoms with E-state index in [4.69, 9.17) is 5.73 Å². The molecule has 5 heteroatoms. The van der Waals surface area contributed by atoms with Crippen LogP contribution < -0.4 is 5.73 Å². The fourth-order valence-corrected chi connectivity index (χ4v) is 2.50. The molecule has 0 aliphatic heterocycles. The maximum absolute atomic E-state index is 12.6. The molecule has 2 rings (SSSR count). The maximum atomic E-state index is 12.6. The number of benzene rings is 2. The van der Waals surface area contributed by atoms with E-state index in [0.29, 0.717) is 17.5 Å². The lowest BCUT2D eigenvalue weighted by Crippen LogP contribution is -2.32. The monoisotopic (exact) mass is 312 g/mol. The lowest BCUT2D eigenvalue weighted by atomic mass is 10.0. The van der Waals surface area contributed by atoms with Gasteiger partial charge < -0.3 is 15.7 Å². The molecule has 0 radical (unpaired) electrons. The fraction of sp³-hybridized carbons (Fsp3) is 0.222. The average Bonchev–Trinajstić information content (AvgIpc) is 2.59. The number of carbonyl (C=O) groups is 2. The van der Waals surface area contributed by atoms with E-state index in [1.807, 2.05) is 30.3 Å². The number of nitrogens with two attached hydrogens (primary N) is 1. The van der Waals surface area contributed by atoms with E-state index >= 15 is 0 Å². The summed E-state index contributed by atoms with van der Waals surface area (Å²) in [7, 11) is 1.71. The molecule has 2 aromatic carbocycles. The van der Waals surface area contributed by atoms with Gasteiger partial charge in [0.15, 0.2) is 0 Å². The van der Waals surface area contributed by atoms with Crippen molar-refractivity contribution in [3.05, 3.63) is 71.3 Å². The van der Waals surface area contributed by atoms with Gasteiger partial charge in [-0.25, -0.2) is 0 Å². The van der Waals surface area contributed by atoms with Crippen LogP contribution in [0, 0.1) is 0 Å². The average molecular weight is 312 g/mol. The molecule has 0 saturated heterocycles. The molecule has 0 aromatic heterocycles. The minimum absolute atomic E-state index is 0.0161. The maximum Gasteiger partial charge on any atom is 0.254 e. The van der Waals surface area contributed by atoms with Gasteiger partial charge in [-0.15, -0.1) is 0 Å². The Morgan fingerprint density at radius 1 is 1.04 bits per heavy atom. The molecule has 0 aliphatic rings. The summed E-state index contributed by atoms with van der Waals surface area (Å²) in [6, 6.07) is 15.6. The largest absolute Gasteiger partial charge is 0.396 e. The number of primary amides is 1. The molecule has 0 spiro atoms. The van der Waals surface area contributed by atoms with Crippen molar-refractivity contribution in [2.75, 3.05) is 13.7 Å². The number of aliphatic hydroxyl groups is 1. The van der Waals surface area contributed by atoms with E-state index in [1.54, 1.807) is 24.1 Å². The van der Waals surface area contributed by atoms with Crippen LogP contribution in [0.4, 0.5) is 0 Å². The second-order valence-electron chi connectivity index (χ2n) is 5.30. The first-order valence-corrected chi connectivity index (χ1v) is 7.37. The molecule has 1 atom stereocenters. The normalized spacial score (nSPS) is 11.7. The van der Waals surface area contributed by atoms with Crippen molar-refractivity contribution in [2.45, 2.75) is 12.5 Å². The fourth-order valence-electron chi connectivity index (χ4n) is 2.50. The Balaban J connectivity index is 2.23. The van der Waals surface area contributed by atoms with Crippen molar-refractivity contribution in [3.8, 4) is 0 Å². The summed E-state index contributed by atoms with van der Waals surface area (Å²) in [5, 5.41) is 9.31. The zero-order valence-electron chi connectivity index (χ0n) is 13.0. The number of hydrogen-bond donors (Lipinski definition) is 2. The van der Waals surface area contributed by atoms with Crippen LogP contribution in [0.5, 0.6) is 0 Å². The number of rotatable bonds is 6. The minimum Gasteiger partial charge on any atom is -0.396 e. The van der Waals surface area contributed by atoms with Gasteiger partial charge >= 0.3 is 0 Å². The predicted molar refractivity (Wildman–Crippen MR) is 87.9 cm³/mol. The van der Waals surface area contributed by atoms with Gasteiger partial charge in [-0.2, -0.15) is 0 Å². The number of amides is 2. The van der Waals surface area contributed by atoms with E-state index in [-0.39, 0.29) is 18.6 Å². The third-order valence-electron chi connectivity index (χ3n) is 3.79. The van der Waals surface area contributed by atoms with E-state index in [1.165, 1.54) is 12.1 Å². The third-order valence-corrected chi connectivity index (χ3v) is 3.79. The highest BCUT2D eigenvalue weighted by Crippen LogP contribution is 2.24. The second kappa shape index (κ2) is 7.56. The highest BCUT2D eigenvalue weighted by molar-refractivity contribution is 5.97. The van der Waals surface area contributed by atoms with Crippen LogP contribution in [0.15, 0.2) is 54.6 Å². The Hall–Kier alpha value is -2.66. The molecule has 2 amide bonds. The molecule has 0 heterocycles. The quantitative estimate of drug-likeness (QED) is 0.855. The standard InChI is InChI=1S/C18H20N2O3/c1-20(16(11-12-21)13-5-3-2-4-6-13)18(23)15-9-7-14(8-10-15)17(19)22/h2-10,16,21H,11-12H2,1H3,(H2,19,22). The van der Waals surface area contributed by atoms with Crippen molar-refractivity contribution in [1.82, 2.24) is 4.90 Å². The van der Waals surface area contributed by atoms with Crippen LogP contribution in [-0.2, 0) is 0 Å². The highest BCUT2D eigenvalue weighted by Gasteiger charge is 2.22. The Bertz CT molecular complexity index is 668. The summed E-state index contributed by atoms with van der Waals surface area (Å²) in [6.45, 7) is -0.0161. The number of aliphatic hydroxyl groups excluding tert-OH is 1. The summed E-state index contributed by atoms with van der Waals surface area (Å²) in [5.74, 6) is -0.705. The lowest BCUT2D eigenvalue weighted by Gasteiger charge is -2.28. The van der Waals surface area contributed by atoms with Gasteiger partial charge in [0.25, 0.3) is 5.91 Å². The van der Waals surface area contributed by atoms with Gasteiger partial charge in [-0.1, -0.05) is 30.3 Å². The smallest absolute Gasteiger partial charge is 0.254 e. The molecular formula is C18H20N2O3. The first kappa shape index (κ1) is 16.7. The van der Waals surface area contributed by atoms with Gasteiger partial charge in [0.2, 0.25) is 5.91 Å². The van der Waals surface area contributed by atoms with E-state index in [2.05, 4.69) is 0 Å².